The van der Waals surface area contributed by atoms with Gasteiger partial charge in [-0.15, -0.1) is 0 Å². The Morgan fingerprint density at radius 3 is 2.55 bits per heavy atom. The number of sulfone groups is 1. The number of anilines is 2. The van der Waals surface area contributed by atoms with Gasteiger partial charge in [-0.3, -0.25) is 9.69 Å². The minimum Gasteiger partial charge on any atom is -0.506 e. The van der Waals surface area contributed by atoms with Crippen molar-refractivity contribution in [2.45, 2.75) is 39.8 Å². The summed E-state index contributed by atoms with van der Waals surface area (Å²) in [6, 6.07) is 21.8. The van der Waals surface area contributed by atoms with Crippen molar-refractivity contribution in [3.63, 3.8) is 0 Å². The molecule has 1 unspecified atom stereocenters. The first-order chi connectivity index (χ1) is 20.9. The van der Waals surface area contributed by atoms with Crippen molar-refractivity contribution in [3.05, 3.63) is 124 Å². The first kappa shape index (κ1) is 29.4. The molecule has 3 heterocycles. The minimum absolute atomic E-state index is 0.0353. The van der Waals surface area contributed by atoms with Crippen LogP contribution in [0.1, 0.15) is 53.6 Å². The molecule has 1 atom stereocenters. The van der Waals surface area contributed by atoms with Crippen molar-refractivity contribution in [3.8, 4) is 11.5 Å². The van der Waals surface area contributed by atoms with Crippen molar-refractivity contribution in [1.29, 1.82) is 0 Å². The van der Waals surface area contributed by atoms with E-state index in [1.165, 1.54) is 29.2 Å². The molecule has 10 heteroatoms. The molecule has 8 nitrogen and oxygen atoms in total. The zero-order valence-electron chi connectivity index (χ0n) is 24.5. The Morgan fingerprint density at radius 1 is 1.07 bits per heavy atom. The van der Waals surface area contributed by atoms with Gasteiger partial charge in [0.1, 0.15) is 41.3 Å². The lowest BCUT2D eigenvalue weighted by molar-refractivity contribution is 0.0975. The van der Waals surface area contributed by atoms with Gasteiger partial charge >= 0.3 is 0 Å². The third kappa shape index (κ3) is 5.53. The number of allylic oxidation sites excluding steroid dienone is 1. The molecule has 3 aromatic carbocycles. The average Bonchev–Trinajstić information content (AvgIpc) is 3.11. The molecule has 2 N–H and O–H groups in total. The number of phenolic OH excluding ortho intramolecular Hbond substituents is 1. The summed E-state index contributed by atoms with van der Waals surface area (Å²) in [5, 5.41) is 14.1. The molecule has 2 aliphatic heterocycles. The van der Waals surface area contributed by atoms with Gasteiger partial charge in [-0.1, -0.05) is 56.3 Å². The predicted molar refractivity (Wildman–Crippen MR) is 167 cm³/mol. The summed E-state index contributed by atoms with van der Waals surface area (Å²) < 4.78 is 50.4. The van der Waals surface area contributed by atoms with E-state index in [4.69, 9.17) is 4.74 Å². The topological polar surface area (TPSA) is 109 Å². The lowest BCUT2D eigenvalue weighted by Crippen LogP contribution is -2.41. The Morgan fingerprint density at radius 2 is 1.82 bits per heavy atom. The van der Waals surface area contributed by atoms with E-state index in [9.17, 15) is 18.3 Å². The number of aromatic hydroxyl groups is 1. The number of benzene rings is 3. The molecule has 0 aliphatic carbocycles. The molecule has 0 spiro atoms. The van der Waals surface area contributed by atoms with Gasteiger partial charge < -0.3 is 15.2 Å². The fourth-order valence-corrected chi connectivity index (χ4v) is 8.31. The van der Waals surface area contributed by atoms with Gasteiger partial charge in [-0.05, 0) is 60.7 Å². The molecular weight excluding hydrogens is 581 g/mol. The van der Waals surface area contributed by atoms with Crippen molar-refractivity contribution >= 4 is 27.1 Å². The summed E-state index contributed by atoms with van der Waals surface area (Å²) in [5.41, 5.74) is 1.47. The van der Waals surface area contributed by atoms with E-state index in [0.29, 0.717) is 11.4 Å². The van der Waals surface area contributed by atoms with Crippen LogP contribution in [0.25, 0.3) is 0 Å². The van der Waals surface area contributed by atoms with E-state index in [1.54, 1.807) is 37.3 Å². The highest BCUT2D eigenvalue weighted by Gasteiger charge is 2.48. The van der Waals surface area contributed by atoms with Crippen molar-refractivity contribution < 1.29 is 27.4 Å². The molecule has 0 fully saturated rings. The number of hydrogen-bond donors (Lipinski definition) is 2. The lowest BCUT2D eigenvalue weighted by atomic mass is 9.88. The third-order valence-corrected chi connectivity index (χ3v) is 10.1. The molecule has 0 radical (unpaired) electrons. The number of rotatable bonds is 5. The van der Waals surface area contributed by atoms with Crippen LogP contribution in [0, 0.1) is 18.2 Å². The van der Waals surface area contributed by atoms with Crippen LogP contribution in [-0.4, -0.2) is 30.2 Å². The monoisotopic (exact) mass is 613 g/mol. The van der Waals surface area contributed by atoms with E-state index in [1.807, 2.05) is 44.2 Å². The van der Waals surface area contributed by atoms with Gasteiger partial charge in [-0.2, -0.15) is 0 Å². The Kier molecular flexibility index (Phi) is 7.41. The standard InChI is InChI=1S/C34H32FN3O5S/c1-21-9-7-12-26(36-21)33(40)38-28-13-8-14-29(39)30(28)37-27-18-34(2,3)20-44(41,42)32(27)31(38)24-16-15-23(17-25(24)35)43-19-22-10-5-4-6-11-22/h4-17,31,37,39H,18-20H2,1-3H3. The van der Waals surface area contributed by atoms with Crippen LogP contribution in [0.2, 0.25) is 0 Å². The number of carbonyl (C=O) groups excluding carboxylic acids is 1. The number of ether oxygens (including phenoxy) is 1. The Bertz CT molecular complexity index is 1910. The van der Waals surface area contributed by atoms with Crippen molar-refractivity contribution in [2.24, 2.45) is 5.41 Å². The Balaban J connectivity index is 1.56. The average molecular weight is 614 g/mol. The Hall–Kier alpha value is -4.70. The van der Waals surface area contributed by atoms with Crippen LogP contribution >= 0.6 is 0 Å². The first-order valence-corrected chi connectivity index (χ1v) is 15.9. The highest BCUT2D eigenvalue weighted by Crippen LogP contribution is 2.52. The number of carbonyl (C=O) groups is 1. The fourth-order valence-electron chi connectivity index (χ4n) is 5.95. The highest BCUT2D eigenvalue weighted by atomic mass is 32.2. The fraction of sp³-hybridized carbons (Fsp3) is 0.235. The number of pyridine rings is 1. The molecule has 1 amide bonds. The second-order valence-corrected chi connectivity index (χ2v) is 13.9. The maximum Gasteiger partial charge on any atom is 0.277 e. The van der Waals surface area contributed by atoms with Crippen LogP contribution in [0.3, 0.4) is 0 Å². The first-order valence-electron chi connectivity index (χ1n) is 14.2. The molecule has 0 saturated carbocycles. The SMILES string of the molecule is Cc1cccc(C(=O)N2c3cccc(O)c3NC3=C(C2c2ccc(OCc4ccccc4)cc2F)S(=O)(=O)CC(C)(C)C3)n1. The van der Waals surface area contributed by atoms with E-state index in [0.717, 1.165) is 5.56 Å². The molecule has 4 aromatic rings. The van der Waals surface area contributed by atoms with Crippen LogP contribution in [0.5, 0.6) is 11.5 Å². The number of aromatic nitrogens is 1. The summed E-state index contributed by atoms with van der Waals surface area (Å²) in [4.78, 5) is 19.9. The molecule has 6 rings (SSSR count). The van der Waals surface area contributed by atoms with E-state index >= 15 is 4.39 Å². The number of phenols is 1. The summed E-state index contributed by atoms with van der Waals surface area (Å²) in [5.74, 6) is -1.53. The van der Waals surface area contributed by atoms with Crippen molar-refractivity contribution in [1.82, 2.24) is 4.98 Å². The smallest absolute Gasteiger partial charge is 0.277 e. The largest absolute Gasteiger partial charge is 0.506 e. The van der Waals surface area contributed by atoms with Gasteiger partial charge in [0.15, 0.2) is 9.84 Å². The number of aryl methyl sites for hydroxylation is 1. The van der Waals surface area contributed by atoms with Crippen LogP contribution in [0.4, 0.5) is 15.8 Å². The number of hydrogen-bond acceptors (Lipinski definition) is 7. The number of halogens is 1. The van der Waals surface area contributed by atoms with E-state index in [2.05, 4.69) is 10.3 Å². The molecule has 1 aromatic heterocycles. The molecule has 0 saturated heterocycles. The van der Waals surface area contributed by atoms with Gasteiger partial charge in [0.05, 0.1) is 16.3 Å². The summed E-state index contributed by atoms with van der Waals surface area (Å²) >= 11 is 0. The maximum atomic E-state index is 16.3. The van der Waals surface area contributed by atoms with Crippen LogP contribution in [-0.2, 0) is 16.4 Å². The van der Waals surface area contributed by atoms with Gasteiger partial charge in [0.2, 0.25) is 0 Å². The molecule has 226 valence electrons. The number of fused-ring (bicyclic) bond motifs is 1. The minimum atomic E-state index is -4.05. The maximum absolute atomic E-state index is 16.3. The van der Waals surface area contributed by atoms with Gasteiger partial charge in [0, 0.05) is 23.0 Å². The molecule has 0 bridgehead atoms. The third-order valence-electron chi connectivity index (χ3n) is 7.77. The second-order valence-electron chi connectivity index (χ2n) is 11.9. The quantitative estimate of drug-likeness (QED) is 0.242. The molecule has 44 heavy (non-hydrogen) atoms. The van der Waals surface area contributed by atoms with Crippen LogP contribution < -0.4 is 15.0 Å². The summed E-state index contributed by atoms with van der Waals surface area (Å²) in [6.45, 7) is 5.61. The number of nitrogens with zero attached hydrogens (tertiary/aromatic N) is 2. The van der Waals surface area contributed by atoms with Crippen LogP contribution in [0.15, 0.2) is 95.5 Å². The normalized spacial score (nSPS) is 18.5. The Labute approximate surface area is 255 Å². The van der Waals surface area contributed by atoms with E-state index < -0.39 is 33.0 Å². The van der Waals surface area contributed by atoms with Crippen molar-refractivity contribution in [2.75, 3.05) is 16.0 Å². The number of amides is 1. The number of para-hydroxylation sites is 1. The zero-order chi connectivity index (χ0) is 31.2. The lowest BCUT2D eigenvalue weighted by Gasteiger charge is -2.37. The van der Waals surface area contributed by atoms with E-state index in [-0.39, 0.29) is 57.8 Å². The highest BCUT2D eigenvalue weighted by molar-refractivity contribution is 7.95. The molecular formula is C34H32FN3O5S. The van der Waals surface area contributed by atoms with Gasteiger partial charge in [0.25, 0.3) is 5.91 Å². The predicted octanol–water partition coefficient (Wildman–Crippen LogP) is 6.68. The molecule has 2 aliphatic rings. The summed E-state index contributed by atoms with van der Waals surface area (Å²) in [7, 11) is -4.05. The number of nitrogens with one attached hydrogen (secondary N) is 1. The zero-order valence-corrected chi connectivity index (χ0v) is 25.4. The second kappa shape index (κ2) is 11.1. The summed E-state index contributed by atoms with van der Waals surface area (Å²) in [6.07, 6.45) is 0.288. The van der Waals surface area contributed by atoms with Gasteiger partial charge in [-0.25, -0.2) is 17.8 Å².